The predicted molar refractivity (Wildman–Crippen MR) is 107 cm³/mol. The Bertz CT molecular complexity index is 667. The average molecular weight is 361 g/mol. The summed E-state index contributed by atoms with van der Waals surface area (Å²) in [6.45, 7) is 7.81. The van der Waals surface area contributed by atoms with Crippen molar-refractivity contribution >= 4 is 28.4 Å². The lowest BCUT2D eigenvalue weighted by molar-refractivity contribution is -0.122. The first-order valence-corrected chi connectivity index (χ1v) is 9.83. The zero-order valence-electron chi connectivity index (χ0n) is 15.7. The second-order valence-corrected chi connectivity index (χ2v) is 7.09. The summed E-state index contributed by atoms with van der Waals surface area (Å²) in [6, 6.07) is 7.85. The van der Waals surface area contributed by atoms with Gasteiger partial charge in [0, 0.05) is 13.1 Å². The number of hydrogen-bond donors (Lipinski definition) is 0. The third kappa shape index (κ3) is 4.88. The van der Waals surface area contributed by atoms with Gasteiger partial charge in [-0.2, -0.15) is 0 Å². The Morgan fingerprint density at radius 3 is 2.68 bits per heavy atom. The van der Waals surface area contributed by atoms with Gasteiger partial charge in [-0.05, 0) is 54.8 Å². The van der Waals surface area contributed by atoms with E-state index in [2.05, 4.69) is 18.8 Å². The molecule has 0 unspecified atom stereocenters. The largest absolute Gasteiger partial charge is 0.497 e. The van der Waals surface area contributed by atoms with Crippen molar-refractivity contribution in [3.63, 3.8) is 0 Å². The van der Waals surface area contributed by atoms with E-state index in [0.29, 0.717) is 0 Å². The normalized spacial score (nSPS) is 18.2. The van der Waals surface area contributed by atoms with E-state index in [1.165, 1.54) is 11.8 Å². The summed E-state index contributed by atoms with van der Waals surface area (Å²) in [5.74, 6) is 0.876. The lowest BCUT2D eigenvalue weighted by atomic mass is 10.1. The minimum absolute atomic E-state index is 0.0778. The van der Waals surface area contributed by atoms with Gasteiger partial charge in [0.2, 0.25) is 0 Å². The van der Waals surface area contributed by atoms with Gasteiger partial charge < -0.3 is 4.74 Å². The van der Waals surface area contributed by atoms with E-state index in [1.807, 2.05) is 36.1 Å². The van der Waals surface area contributed by atoms with Crippen LogP contribution in [0.1, 0.15) is 52.0 Å². The third-order valence-electron chi connectivity index (χ3n) is 4.20. The maximum atomic E-state index is 13.0. The van der Waals surface area contributed by atoms with Gasteiger partial charge in [-0.3, -0.25) is 14.7 Å². The van der Waals surface area contributed by atoms with Crippen LogP contribution in [0.5, 0.6) is 5.75 Å². The number of rotatable bonds is 8. The number of nitrogens with zero attached hydrogens (tertiary/aromatic N) is 2. The van der Waals surface area contributed by atoms with Gasteiger partial charge in [-0.25, -0.2) is 0 Å². The van der Waals surface area contributed by atoms with Crippen LogP contribution in [0.3, 0.4) is 0 Å². The summed E-state index contributed by atoms with van der Waals surface area (Å²) >= 11 is 1.51. The molecule has 25 heavy (non-hydrogen) atoms. The fraction of sp³-hybridized carbons (Fsp3) is 0.500. The smallest absolute Gasteiger partial charge is 0.267 e. The van der Waals surface area contributed by atoms with Crippen molar-refractivity contribution in [1.29, 1.82) is 0 Å². The molecule has 1 fully saturated rings. The predicted octanol–water partition coefficient (Wildman–Crippen LogP) is 4.96. The summed E-state index contributed by atoms with van der Waals surface area (Å²) < 4.78 is 5.31. The Kier molecular flexibility index (Phi) is 7.56. The van der Waals surface area contributed by atoms with E-state index >= 15 is 0 Å². The highest BCUT2D eigenvalue weighted by molar-refractivity contribution is 8.18. The maximum Gasteiger partial charge on any atom is 0.267 e. The quantitative estimate of drug-likeness (QED) is 0.486. The molecule has 0 bridgehead atoms. The van der Waals surface area contributed by atoms with Crippen LogP contribution < -0.4 is 4.74 Å². The molecular weight excluding hydrogens is 332 g/mol. The monoisotopic (exact) mass is 360 g/mol. The summed E-state index contributed by atoms with van der Waals surface area (Å²) in [7, 11) is 1.65. The first kappa shape index (κ1) is 19.6. The molecule has 0 N–H and O–H groups in total. The molecule has 0 aromatic heterocycles. The topological polar surface area (TPSA) is 41.9 Å². The van der Waals surface area contributed by atoms with Crippen LogP contribution in [0.25, 0.3) is 5.57 Å². The van der Waals surface area contributed by atoms with Gasteiger partial charge in [-0.1, -0.05) is 38.8 Å². The van der Waals surface area contributed by atoms with Crippen molar-refractivity contribution in [2.45, 2.75) is 46.5 Å². The number of benzene rings is 1. The van der Waals surface area contributed by atoms with Crippen molar-refractivity contribution < 1.29 is 9.53 Å². The van der Waals surface area contributed by atoms with Crippen LogP contribution in [0.2, 0.25) is 0 Å². The molecule has 1 heterocycles. The number of carbonyl (C=O) groups is 1. The van der Waals surface area contributed by atoms with E-state index in [1.54, 1.807) is 7.11 Å². The molecule has 1 aliphatic rings. The lowest BCUT2D eigenvalue weighted by Gasteiger charge is -2.15. The number of carbonyl (C=O) groups excluding carboxylic acids is 1. The van der Waals surface area contributed by atoms with Crippen molar-refractivity contribution in [3.05, 3.63) is 34.7 Å². The van der Waals surface area contributed by atoms with Crippen LogP contribution in [0.15, 0.2) is 34.2 Å². The Labute approximate surface area is 155 Å². The fourth-order valence-electron chi connectivity index (χ4n) is 2.59. The molecule has 0 spiro atoms. The Balaban J connectivity index is 2.33. The van der Waals surface area contributed by atoms with Crippen molar-refractivity contribution in [1.82, 2.24) is 4.90 Å². The molecule has 1 aromatic rings. The molecule has 2 rings (SSSR count). The van der Waals surface area contributed by atoms with Gasteiger partial charge >= 0.3 is 0 Å². The van der Waals surface area contributed by atoms with Crippen molar-refractivity contribution in [2.24, 2.45) is 4.99 Å². The summed E-state index contributed by atoms with van der Waals surface area (Å²) in [4.78, 5) is 20.3. The van der Waals surface area contributed by atoms with E-state index in [0.717, 1.165) is 65.7 Å². The third-order valence-corrected chi connectivity index (χ3v) is 5.42. The molecule has 1 amide bonds. The number of methoxy groups -OCH3 is 1. The summed E-state index contributed by atoms with van der Waals surface area (Å²) in [5.41, 5.74) is 2.00. The number of hydrogen-bond acceptors (Lipinski definition) is 4. The van der Waals surface area contributed by atoms with E-state index < -0.39 is 0 Å². The second kappa shape index (κ2) is 9.66. The Hall–Kier alpha value is -1.75. The molecule has 0 aliphatic carbocycles. The summed E-state index contributed by atoms with van der Waals surface area (Å²) in [6.07, 6.45) is 4.21. The van der Waals surface area contributed by atoms with Gasteiger partial charge in [0.25, 0.3) is 5.91 Å². The highest BCUT2D eigenvalue weighted by atomic mass is 32.2. The minimum atomic E-state index is 0.0778. The van der Waals surface area contributed by atoms with Gasteiger partial charge in [-0.15, -0.1) is 0 Å². The number of unbranched alkanes of at least 4 members (excludes halogenated alkanes) is 2. The van der Waals surface area contributed by atoms with Crippen LogP contribution in [0.4, 0.5) is 0 Å². The van der Waals surface area contributed by atoms with Crippen LogP contribution >= 0.6 is 11.8 Å². The lowest BCUT2D eigenvalue weighted by Crippen LogP contribution is -2.30. The molecule has 136 valence electrons. The minimum Gasteiger partial charge on any atom is -0.497 e. The van der Waals surface area contributed by atoms with Crippen LogP contribution in [-0.2, 0) is 4.79 Å². The number of allylic oxidation sites excluding steroid dienone is 1. The maximum absolute atomic E-state index is 13.0. The molecule has 0 radical (unpaired) electrons. The van der Waals surface area contributed by atoms with Gasteiger partial charge in [0.05, 0.1) is 12.0 Å². The summed E-state index contributed by atoms with van der Waals surface area (Å²) in [5, 5.41) is 0.851. The standard InChI is InChI=1S/C20H28N2O2S/c1-5-7-12-21-20-22(13-8-6-2)19(23)18(25-20)15(3)16-10-9-11-17(14-16)24-4/h9-11,14H,5-8,12-13H2,1-4H3/b18-15-,21-20?. The second-order valence-electron chi connectivity index (χ2n) is 6.12. The number of aliphatic imine (C=N–C) groups is 1. The van der Waals surface area contributed by atoms with Crippen LogP contribution in [0, 0.1) is 0 Å². The molecule has 5 heteroatoms. The first-order valence-electron chi connectivity index (χ1n) is 9.01. The molecule has 0 atom stereocenters. The fourth-order valence-corrected chi connectivity index (χ4v) is 3.68. The number of amidine groups is 1. The SMILES string of the molecule is CCCCN=C1S/C(=C(/C)c2cccc(OC)c2)C(=O)N1CCCC. The molecular formula is C20H28N2O2S. The number of thioether (sulfide) groups is 1. The zero-order chi connectivity index (χ0) is 18.2. The van der Waals surface area contributed by atoms with E-state index in [9.17, 15) is 4.79 Å². The van der Waals surface area contributed by atoms with E-state index in [4.69, 9.17) is 4.74 Å². The molecule has 1 saturated heterocycles. The average Bonchev–Trinajstić information content (AvgIpc) is 2.95. The highest BCUT2D eigenvalue weighted by Gasteiger charge is 2.34. The van der Waals surface area contributed by atoms with Crippen molar-refractivity contribution in [3.8, 4) is 5.75 Å². The molecule has 1 aliphatic heterocycles. The van der Waals surface area contributed by atoms with Crippen molar-refractivity contribution in [2.75, 3.05) is 20.2 Å². The molecule has 1 aromatic carbocycles. The van der Waals surface area contributed by atoms with Gasteiger partial charge in [0.1, 0.15) is 5.75 Å². The Morgan fingerprint density at radius 1 is 1.24 bits per heavy atom. The molecule has 0 saturated carbocycles. The van der Waals surface area contributed by atoms with Crippen LogP contribution in [-0.4, -0.2) is 36.2 Å². The highest BCUT2D eigenvalue weighted by Crippen LogP contribution is 2.37. The first-order chi connectivity index (χ1) is 12.1. The number of ether oxygens (including phenoxy) is 1. The molecule has 4 nitrogen and oxygen atoms in total. The zero-order valence-corrected chi connectivity index (χ0v) is 16.5. The number of amides is 1. The Morgan fingerprint density at radius 2 is 2.00 bits per heavy atom. The van der Waals surface area contributed by atoms with E-state index in [-0.39, 0.29) is 5.91 Å². The van der Waals surface area contributed by atoms with Gasteiger partial charge in [0.15, 0.2) is 5.17 Å².